The molecule has 0 saturated carbocycles. The van der Waals surface area contributed by atoms with E-state index < -0.39 is 27.3 Å². The molecule has 1 aromatic carbocycles. The van der Waals surface area contributed by atoms with Crippen molar-refractivity contribution >= 4 is 38.4 Å². The third-order valence-electron chi connectivity index (χ3n) is 4.32. The lowest BCUT2D eigenvalue weighted by Crippen LogP contribution is -2.27. The van der Waals surface area contributed by atoms with Gasteiger partial charge < -0.3 is 15.5 Å². The first-order chi connectivity index (χ1) is 14.3. The maximum Gasteiger partial charge on any atom is 0.262 e. The summed E-state index contributed by atoms with van der Waals surface area (Å²) in [7, 11) is -4.15. The van der Waals surface area contributed by atoms with Crippen molar-refractivity contribution in [2.75, 3.05) is 19.7 Å². The predicted molar refractivity (Wildman–Crippen MR) is 113 cm³/mol. The highest BCUT2D eigenvalue weighted by Gasteiger charge is 2.24. The molecular weight excluding hydrogens is 431 g/mol. The van der Waals surface area contributed by atoms with Crippen molar-refractivity contribution in [3.05, 3.63) is 76.0 Å². The first-order valence-electron chi connectivity index (χ1n) is 8.82. The highest BCUT2D eigenvalue weighted by atomic mass is 32.2. The van der Waals surface area contributed by atoms with Gasteiger partial charge in [0, 0.05) is 24.2 Å². The Balaban J connectivity index is 2.12. The molecule has 0 aliphatic carbocycles. The van der Waals surface area contributed by atoms with Gasteiger partial charge in [0.1, 0.15) is 16.5 Å². The van der Waals surface area contributed by atoms with Crippen LogP contribution in [-0.4, -0.2) is 44.2 Å². The molecule has 1 aromatic heterocycles. The fourth-order valence-corrected chi connectivity index (χ4v) is 4.87. The largest absolute Gasteiger partial charge is 0.507 e. The highest BCUT2D eigenvalue weighted by molar-refractivity contribution is 7.89. The van der Waals surface area contributed by atoms with Gasteiger partial charge in [-0.2, -0.15) is 0 Å². The topological polar surface area (TPSA) is 116 Å². The van der Waals surface area contributed by atoms with Crippen molar-refractivity contribution in [1.82, 2.24) is 10.0 Å². The van der Waals surface area contributed by atoms with Crippen LogP contribution in [0.2, 0.25) is 0 Å². The minimum absolute atomic E-state index is 0.173. The normalized spacial score (nSPS) is 18.6. The Hall–Kier alpha value is -2.79. The molecule has 0 spiro atoms. The maximum absolute atomic E-state index is 14.7. The number of hydrogen-bond acceptors (Lipinski definition) is 6. The summed E-state index contributed by atoms with van der Waals surface area (Å²) in [5, 5.41) is 23.8. The quantitative estimate of drug-likeness (QED) is 0.559. The number of aliphatic hydroxyl groups is 2. The Morgan fingerprint density at radius 1 is 1.30 bits per heavy atom. The zero-order chi connectivity index (χ0) is 21.9. The van der Waals surface area contributed by atoms with Gasteiger partial charge in [-0.1, -0.05) is 18.7 Å². The van der Waals surface area contributed by atoms with Crippen LogP contribution in [-0.2, 0) is 10.0 Å². The molecule has 1 amide bonds. The van der Waals surface area contributed by atoms with Crippen LogP contribution in [0.4, 0.5) is 4.39 Å². The number of amides is 1. The number of carbonyl (C=O) groups is 1. The number of carbonyl (C=O) groups excluding carboxylic acids is 1. The molecule has 1 aliphatic heterocycles. The molecule has 3 rings (SSSR count). The smallest absolute Gasteiger partial charge is 0.262 e. The standard InChI is InChI=1S/C20H19FN2O5S2/c1-12-14-6-10-29-19(14)20(26)22-7-2-3-16(25)18(12)13-4-5-17(15(21)11-13)30(27,28)23-8-9-24/h2-6,10-11,23-25H,1,7-9H2,(H,22,26)/b3-2-,18-16-. The van der Waals surface area contributed by atoms with Crippen LogP contribution in [0.3, 0.4) is 0 Å². The van der Waals surface area contributed by atoms with E-state index in [0.29, 0.717) is 16.0 Å². The van der Waals surface area contributed by atoms with E-state index >= 15 is 0 Å². The molecule has 2 aromatic rings. The number of thiophene rings is 1. The van der Waals surface area contributed by atoms with Gasteiger partial charge in [0.25, 0.3) is 5.91 Å². The number of allylic oxidation sites excluding steroid dienone is 3. The molecule has 7 nitrogen and oxygen atoms in total. The van der Waals surface area contributed by atoms with Gasteiger partial charge in [0.05, 0.1) is 11.5 Å². The van der Waals surface area contributed by atoms with Crippen LogP contribution in [0.5, 0.6) is 0 Å². The molecule has 0 fully saturated rings. The Morgan fingerprint density at radius 2 is 2.07 bits per heavy atom. The summed E-state index contributed by atoms with van der Waals surface area (Å²) < 4.78 is 41.2. The summed E-state index contributed by atoms with van der Waals surface area (Å²) in [6, 6.07) is 5.07. The van der Waals surface area contributed by atoms with Crippen LogP contribution in [0.1, 0.15) is 20.8 Å². The third kappa shape index (κ3) is 4.36. The number of hydrogen-bond donors (Lipinski definition) is 4. The van der Waals surface area contributed by atoms with Crippen LogP contribution in [0.25, 0.3) is 11.1 Å². The second-order valence-corrected chi connectivity index (χ2v) is 8.93. The molecule has 158 valence electrons. The lowest BCUT2D eigenvalue weighted by molar-refractivity contribution is 0.0961. The average Bonchev–Trinajstić information content (AvgIpc) is 3.19. The zero-order valence-corrected chi connectivity index (χ0v) is 17.3. The second kappa shape index (κ2) is 8.92. The Morgan fingerprint density at radius 3 is 2.77 bits per heavy atom. The van der Waals surface area contributed by atoms with Gasteiger partial charge in [0.2, 0.25) is 10.0 Å². The van der Waals surface area contributed by atoms with Crippen molar-refractivity contribution in [1.29, 1.82) is 0 Å². The molecule has 30 heavy (non-hydrogen) atoms. The van der Waals surface area contributed by atoms with Crippen LogP contribution < -0.4 is 10.0 Å². The number of fused-ring (bicyclic) bond motifs is 1. The predicted octanol–water partition coefficient (Wildman–Crippen LogP) is 2.44. The summed E-state index contributed by atoms with van der Waals surface area (Å²) in [5.74, 6) is -1.54. The number of nitrogens with one attached hydrogen (secondary N) is 2. The zero-order valence-electron chi connectivity index (χ0n) is 15.7. The molecule has 2 heterocycles. The van der Waals surface area contributed by atoms with E-state index in [1.165, 1.54) is 29.6 Å². The first-order valence-corrected chi connectivity index (χ1v) is 11.2. The van der Waals surface area contributed by atoms with E-state index in [9.17, 15) is 22.7 Å². The third-order valence-corrected chi connectivity index (χ3v) is 6.73. The fourth-order valence-electron chi connectivity index (χ4n) is 2.95. The number of rotatable bonds is 5. The summed E-state index contributed by atoms with van der Waals surface area (Å²) >= 11 is 1.21. The van der Waals surface area contributed by atoms with Crippen molar-refractivity contribution in [2.24, 2.45) is 0 Å². The lowest BCUT2D eigenvalue weighted by Gasteiger charge is -2.16. The Bertz CT molecular complexity index is 1170. The summed E-state index contributed by atoms with van der Waals surface area (Å²) in [4.78, 5) is 12.2. The summed E-state index contributed by atoms with van der Waals surface area (Å²) in [6.45, 7) is 3.48. The first kappa shape index (κ1) is 21.9. The van der Waals surface area contributed by atoms with Gasteiger partial charge in [-0.3, -0.25) is 4.79 Å². The monoisotopic (exact) mass is 450 g/mol. The van der Waals surface area contributed by atoms with Gasteiger partial charge >= 0.3 is 0 Å². The minimum Gasteiger partial charge on any atom is -0.507 e. The van der Waals surface area contributed by atoms with Crippen LogP contribution >= 0.6 is 11.3 Å². The van der Waals surface area contributed by atoms with E-state index in [-0.39, 0.29) is 35.9 Å². The van der Waals surface area contributed by atoms with Crippen molar-refractivity contribution in [2.45, 2.75) is 4.90 Å². The van der Waals surface area contributed by atoms with E-state index in [0.717, 1.165) is 12.1 Å². The second-order valence-electron chi connectivity index (χ2n) is 6.28. The molecule has 4 N–H and O–H groups in total. The van der Waals surface area contributed by atoms with Gasteiger partial charge in [0.15, 0.2) is 0 Å². The molecular formula is C20H19FN2O5S2. The van der Waals surface area contributed by atoms with Gasteiger partial charge in [-0.05, 0) is 40.8 Å². The van der Waals surface area contributed by atoms with E-state index in [1.807, 2.05) is 0 Å². The fraction of sp³-hybridized carbons (Fsp3) is 0.150. The lowest BCUT2D eigenvalue weighted by atomic mass is 9.92. The Labute approximate surface area is 176 Å². The van der Waals surface area contributed by atoms with Crippen LogP contribution in [0, 0.1) is 5.82 Å². The molecule has 0 atom stereocenters. The molecule has 0 bridgehead atoms. The van der Waals surface area contributed by atoms with E-state index in [1.54, 1.807) is 11.4 Å². The number of aliphatic hydroxyl groups excluding tert-OH is 2. The van der Waals surface area contributed by atoms with Gasteiger partial charge in [-0.15, -0.1) is 11.3 Å². The average molecular weight is 451 g/mol. The highest BCUT2D eigenvalue weighted by Crippen LogP contribution is 2.37. The molecule has 1 aliphatic rings. The SMILES string of the molecule is C=C1/C(c2ccc(S(=O)(=O)NCCO)c(F)c2)=C(O)\C=C/CNC(=O)c2sccc21. The summed E-state index contributed by atoms with van der Waals surface area (Å²) in [6.07, 6.45) is 2.90. The number of benzene rings is 1. The van der Waals surface area contributed by atoms with Gasteiger partial charge in [-0.25, -0.2) is 17.5 Å². The van der Waals surface area contributed by atoms with Crippen molar-refractivity contribution < 1.29 is 27.8 Å². The van der Waals surface area contributed by atoms with Crippen molar-refractivity contribution in [3.8, 4) is 0 Å². The molecule has 0 radical (unpaired) electrons. The van der Waals surface area contributed by atoms with Crippen LogP contribution in [0.15, 0.2) is 59.0 Å². The number of halogens is 1. The molecule has 0 saturated heterocycles. The summed E-state index contributed by atoms with van der Waals surface area (Å²) in [5.41, 5.74) is 1.14. The van der Waals surface area contributed by atoms with Crippen molar-refractivity contribution in [3.63, 3.8) is 0 Å². The number of sulfonamides is 1. The maximum atomic E-state index is 14.7. The molecule has 0 unspecified atom stereocenters. The minimum atomic E-state index is -4.15. The van der Waals surface area contributed by atoms with E-state index in [4.69, 9.17) is 5.11 Å². The Kier molecular flexibility index (Phi) is 6.52. The molecule has 10 heteroatoms. The van der Waals surface area contributed by atoms with E-state index in [2.05, 4.69) is 16.6 Å².